The van der Waals surface area contributed by atoms with Gasteiger partial charge in [0.2, 0.25) is 0 Å². The molecule has 0 atom stereocenters. The number of carbonyl (C=O) groups is 1. The summed E-state index contributed by atoms with van der Waals surface area (Å²) in [5.74, 6) is -0.923. The molecule has 0 aromatic carbocycles. The molecular formula is C11H15NO2. The Hall–Kier alpha value is -1.38. The highest BCUT2D eigenvalue weighted by Crippen LogP contribution is 2.20. The highest BCUT2D eigenvalue weighted by molar-refractivity contribution is 5.87. The molecule has 1 aromatic heterocycles. The van der Waals surface area contributed by atoms with E-state index in [1.807, 2.05) is 0 Å². The molecule has 0 amide bonds. The molecule has 1 aromatic rings. The molecular weight excluding hydrogens is 178 g/mol. The van der Waals surface area contributed by atoms with Crippen molar-refractivity contribution < 1.29 is 9.90 Å². The van der Waals surface area contributed by atoms with E-state index in [0.717, 1.165) is 12.0 Å². The third kappa shape index (κ3) is 3.17. The Morgan fingerprint density at radius 2 is 2.07 bits per heavy atom. The SMILES string of the molecule is CC(C)(C)Cc1cncc(C(=O)O)c1. The topological polar surface area (TPSA) is 50.2 Å². The van der Waals surface area contributed by atoms with Crippen molar-refractivity contribution in [3.8, 4) is 0 Å². The smallest absolute Gasteiger partial charge is 0.337 e. The lowest BCUT2D eigenvalue weighted by Gasteiger charge is -2.17. The molecule has 0 aliphatic carbocycles. The van der Waals surface area contributed by atoms with Crippen molar-refractivity contribution in [1.82, 2.24) is 4.98 Å². The number of hydrogen-bond donors (Lipinski definition) is 1. The minimum absolute atomic E-state index is 0.152. The van der Waals surface area contributed by atoms with Crippen LogP contribution in [0, 0.1) is 5.41 Å². The van der Waals surface area contributed by atoms with Gasteiger partial charge in [-0.05, 0) is 23.5 Å². The predicted molar refractivity (Wildman–Crippen MR) is 54.4 cm³/mol. The van der Waals surface area contributed by atoms with E-state index in [-0.39, 0.29) is 11.0 Å². The Morgan fingerprint density at radius 3 is 2.57 bits per heavy atom. The van der Waals surface area contributed by atoms with Gasteiger partial charge in [0, 0.05) is 12.4 Å². The summed E-state index contributed by atoms with van der Waals surface area (Å²) >= 11 is 0. The number of aromatic nitrogens is 1. The van der Waals surface area contributed by atoms with Gasteiger partial charge in [-0.3, -0.25) is 4.98 Å². The maximum Gasteiger partial charge on any atom is 0.337 e. The molecule has 0 spiro atoms. The lowest BCUT2D eigenvalue weighted by Crippen LogP contribution is -2.10. The van der Waals surface area contributed by atoms with Gasteiger partial charge in [-0.1, -0.05) is 20.8 Å². The van der Waals surface area contributed by atoms with Crippen molar-refractivity contribution in [2.24, 2.45) is 5.41 Å². The number of nitrogens with zero attached hydrogens (tertiary/aromatic N) is 1. The zero-order chi connectivity index (χ0) is 10.8. The number of rotatable bonds is 2. The maximum absolute atomic E-state index is 10.7. The number of carboxylic acid groups (broad SMARTS) is 1. The van der Waals surface area contributed by atoms with Crippen LogP contribution in [0.4, 0.5) is 0 Å². The van der Waals surface area contributed by atoms with E-state index in [2.05, 4.69) is 25.8 Å². The average Bonchev–Trinajstić information content (AvgIpc) is 2.01. The second kappa shape index (κ2) is 3.78. The van der Waals surface area contributed by atoms with Gasteiger partial charge in [0.25, 0.3) is 0 Å². The zero-order valence-electron chi connectivity index (χ0n) is 8.74. The summed E-state index contributed by atoms with van der Waals surface area (Å²) < 4.78 is 0. The first-order chi connectivity index (χ1) is 6.38. The number of pyridine rings is 1. The van der Waals surface area contributed by atoms with Crippen LogP contribution in [0.15, 0.2) is 18.5 Å². The van der Waals surface area contributed by atoms with Crippen LogP contribution in [0.1, 0.15) is 36.7 Å². The van der Waals surface area contributed by atoms with E-state index < -0.39 is 5.97 Å². The molecule has 3 nitrogen and oxygen atoms in total. The Balaban J connectivity index is 2.89. The van der Waals surface area contributed by atoms with Gasteiger partial charge in [0.1, 0.15) is 0 Å². The lowest BCUT2D eigenvalue weighted by atomic mass is 9.88. The van der Waals surface area contributed by atoms with E-state index in [4.69, 9.17) is 5.11 Å². The average molecular weight is 193 g/mol. The van der Waals surface area contributed by atoms with Crippen LogP contribution in [0.3, 0.4) is 0 Å². The van der Waals surface area contributed by atoms with E-state index in [1.54, 1.807) is 12.3 Å². The second-order valence-corrected chi connectivity index (χ2v) is 4.62. The predicted octanol–water partition coefficient (Wildman–Crippen LogP) is 2.37. The van der Waals surface area contributed by atoms with Crippen LogP contribution >= 0.6 is 0 Å². The molecule has 3 heteroatoms. The summed E-state index contributed by atoms with van der Waals surface area (Å²) in [6.45, 7) is 6.33. The lowest BCUT2D eigenvalue weighted by molar-refractivity contribution is 0.0696. The molecule has 0 saturated carbocycles. The summed E-state index contributed by atoms with van der Waals surface area (Å²) in [6.07, 6.45) is 3.92. The normalized spacial score (nSPS) is 11.4. The number of aromatic carboxylic acids is 1. The second-order valence-electron chi connectivity index (χ2n) is 4.62. The Bertz CT molecular complexity index is 339. The monoisotopic (exact) mass is 193 g/mol. The third-order valence-electron chi connectivity index (χ3n) is 1.78. The van der Waals surface area contributed by atoms with Crippen LogP contribution in [0.5, 0.6) is 0 Å². The van der Waals surface area contributed by atoms with Gasteiger partial charge in [-0.15, -0.1) is 0 Å². The van der Waals surface area contributed by atoms with E-state index in [0.29, 0.717) is 0 Å². The van der Waals surface area contributed by atoms with Crippen molar-refractivity contribution in [2.45, 2.75) is 27.2 Å². The van der Waals surface area contributed by atoms with Crippen LogP contribution in [0.2, 0.25) is 0 Å². The van der Waals surface area contributed by atoms with Crippen molar-refractivity contribution in [2.75, 3.05) is 0 Å². The third-order valence-corrected chi connectivity index (χ3v) is 1.78. The van der Waals surface area contributed by atoms with Crippen molar-refractivity contribution in [3.05, 3.63) is 29.6 Å². The van der Waals surface area contributed by atoms with Gasteiger partial charge in [-0.2, -0.15) is 0 Å². The molecule has 1 rings (SSSR count). The van der Waals surface area contributed by atoms with Gasteiger partial charge in [-0.25, -0.2) is 4.79 Å². The van der Waals surface area contributed by atoms with Gasteiger partial charge < -0.3 is 5.11 Å². The quantitative estimate of drug-likeness (QED) is 0.784. The Labute approximate surface area is 83.8 Å². The molecule has 14 heavy (non-hydrogen) atoms. The maximum atomic E-state index is 10.7. The highest BCUT2D eigenvalue weighted by atomic mass is 16.4. The minimum atomic E-state index is -0.923. The van der Waals surface area contributed by atoms with Gasteiger partial charge in [0.15, 0.2) is 0 Å². The standard InChI is InChI=1S/C11H15NO2/c1-11(2,3)5-8-4-9(10(13)14)7-12-6-8/h4,6-7H,5H2,1-3H3,(H,13,14). The van der Waals surface area contributed by atoms with Crippen LogP contribution < -0.4 is 0 Å². The molecule has 1 N–H and O–H groups in total. The first-order valence-corrected chi connectivity index (χ1v) is 4.56. The Kier molecular flexibility index (Phi) is 2.89. The van der Waals surface area contributed by atoms with Crippen molar-refractivity contribution in [3.63, 3.8) is 0 Å². The molecule has 76 valence electrons. The van der Waals surface area contributed by atoms with Crippen LogP contribution in [-0.4, -0.2) is 16.1 Å². The van der Waals surface area contributed by atoms with Gasteiger partial charge in [0.05, 0.1) is 5.56 Å². The molecule has 0 saturated heterocycles. The van der Waals surface area contributed by atoms with E-state index in [9.17, 15) is 4.79 Å². The van der Waals surface area contributed by atoms with Crippen LogP contribution in [-0.2, 0) is 6.42 Å². The minimum Gasteiger partial charge on any atom is -0.478 e. The molecule has 0 radical (unpaired) electrons. The van der Waals surface area contributed by atoms with Crippen LogP contribution in [0.25, 0.3) is 0 Å². The number of hydrogen-bond acceptors (Lipinski definition) is 2. The highest BCUT2D eigenvalue weighted by Gasteiger charge is 2.12. The molecule has 0 unspecified atom stereocenters. The molecule has 1 heterocycles. The van der Waals surface area contributed by atoms with Crippen molar-refractivity contribution in [1.29, 1.82) is 0 Å². The zero-order valence-corrected chi connectivity index (χ0v) is 8.74. The first-order valence-electron chi connectivity index (χ1n) is 4.56. The summed E-state index contributed by atoms with van der Waals surface area (Å²) in [7, 11) is 0. The van der Waals surface area contributed by atoms with E-state index in [1.165, 1.54) is 6.20 Å². The van der Waals surface area contributed by atoms with Gasteiger partial charge >= 0.3 is 5.97 Å². The number of carboxylic acids is 1. The fourth-order valence-corrected chi connectivity index (χ4v) is 1.31. The summed E-state index contributed by atoms with van der Waals surface area (Å²) in [4.78, 5) is 14.6. The molecule has 0 aliphatic heterocycles. The largest absolute Gasteiger partial charge is 0.478 e. The summed E-state index contributed by atoms with van der Waals surface area (Å²) in [5.41, 5.74) is 1.38. The van der Waals surface area contributed by atoms with Crippen molar-refractivity contribution >= 4 is 5.97 Å². The Morgan fingerprint density at radius 1 is 1.43 bits per heavy atom. The molecule has 0 aliphatic rings. The first kappa shape index (κ1) is 10.7. The summed E-state index contributed by atoms with van der Waals surface area (Å²) in [6, 6.07) is 1.68. The van der Waals surface area contributed by atoms with E-state index >= 15 is 0 Å². The fourth-order valence-electron chi connectivity index (χ4n) is 1.31. The molecule has 0 fully saturated rings. The summed E-state index contributed by atoms with van der Waals surface area (Å²) in [5, 5.41) is 8.77. The fraction of sp³-hybridized carbons (Fsp3) is 0.455. The molecule has 0 bridgehead atoms.